The number of hydrogen-bond acceptors (Lipinski definition) is 4. The molecular weight excluding hydrogens is 404 g/mol. The van der Waals surface area contributed by atoms with Gasteiger partial charge in [0.25, 0.3) is 0 Å². The van der Waals surface area contributed by atoms with Crippen molar-refractivity contribution in [3.8, 4) is 0 Å². The van der Waals surface area contributed by atoms with Gasteiger partial charge in [-0.1, -0.05) is 36.4 Å². The van der Waals surface area contributed by atoms with Gasteiger partial charge in [0.15, 0.2) is 0 Å². The van der Waals surface area contributed by atoms with E-state index >= 15 is 0 Å². The molecule has 0 saturated carbocycles. The van der Waals surface area contributed by atoms with Crippen LogP contribution in [-0.2, 0) is 11.2 Å². The number of halogens is 1. The lowest BCUT2D eigenvalue weighted by atomic mass is 10.0. The van der Waals surface area contributed by atoms with Crippen molar-refractivity contribution in [3.05, 3.63) is 70.1 Å². The standard InChI is InChI=1S/C22H26N4O3.ClH/c1-25(21(28)12-15-7-8-18-19(11-15)24-22(29)23-18)20(16-5-3-2-4-6-16)14-26-10-9-17(27)13-26;/h2-8,11,17,20,27H,9-10,12-14H2,1H3,(H2,23,24,29);1H/t17-,20+;/m0./s1. The van der Waals surface area contributed by atoms with E-state index < -0.39 is 0 Å². The van der Waals surface area contributed by atoms with Gasteiger partial charge in [-0.3, -0.25) is 9.69 Å². The number of likely N-dealkylation sites (N-methyl/N-ethyl adjacent to an activating group) is 1. The number of β-amino-alcohol motifs (C(OH)–C–C–N with tert-alkyl or cyclic N) is 1. The third-order valence-corrected chi connectivity index (χ3v) is 5.66. The SMILES string of the molecule is CN(C(=O)Cc1ccc2[nH]c(=O)[nH]c2c1)[C@H](CN1CC[C@H](O)C1)c1ccccc1.Cl. The molecule has 0 aliphatic carbocycles. The predicted molar refractivity (Wildman–Crippen MR) is 119 cm³/mol. The minimum Gasteiger partial charge on any atom is -0.392 e. The number of benzene rings is 2. The first-order valence-electron chi connectivity index (χ1n) is 9.91. The van der Waals surface area contributed by atoms with Crippen LogP contribution in [-0.4, -0.2) is 63.6 Å². The smallest absolute Gasteiger partial charge is 0.323 e. The minimum absolute atomic E-state index is 0. The number of amides is 1. The fraction of sp³-hybridized carbons (Fsp3) is 0.364. The Kier molecular flexibility index (Phi) is 6.97. The lowest BCUT2D eigenvalue weighted by Gasteiger charge is -2.32. The van der Waals surface area contributed by atoms with Crippen molar-refractivity contribution in [2.75, 3.05) is 26.7 Å². The summed E-state index contributed by atoms with van der Waals surface area (Å²) in [6.45, 7) is 2.17. The van der Waals surface area contributed by atoms with Gasteiger partial charge < -0.3 is 20.0 Å². The molecule has 30 heavy (non-hydrogen) atoms. The van der Waals surface area contributed by atoms with Crippen molar-refractivity contribution in [1.29, 1.82) is 0 Å². The number of aliphatic hydroxyl groups excluding tert-OH is 1. The third kappa shape index (κ3) is 4.92. The molecule has 0 unspecified atom stereocenters. The maximum absolute atomic E-state index is 13.1. The Morgan fingerprint density at radius 3 is 2.63 bits per heavy atom. The highest BCUT2D eigenvalue weighted by Crippen LogP contribution is 2.24. The molecule has 2 heterocycles. The largest absolute Gasteiger partial charge is 0.392 e. The van der Waals surface area contributed by atoms with Crippen molar-refractivity contribution in [1.82, 2.24) is 19.8 Å². The molecule has 4 rings (SSSR count). The van der Waals surface area contributed by atoms with E-state index in [1.54, 1.807) is 4.90 Å². The second-order valence-corrected chi connectivity index (χ2v) is 7.77. The zero-order valence-corrected chi connectivity index (χ0v) is 17.7. The van der Waals surface area contributed by atoms with E-state index in [4.69, 9.17) is 0 Å². The minimum atomic E-state index is -0.289. The molecule has 1 aliphatic rings. The zero-order valence-electron chi connectivity index (χ0n) is 16.9. The molecule has 7 nitrogen and oxygen atoms in total. The molecule has 2 aromatic carbocycles. The fourth-order valence-corrected chi connectivity index (χ4v) is 4.01. The van der Waals surface area contributed by atoms with E-state index in [-0.39, 0.29) is 42.6 Å². The summed E-state index contributed by atoms with van der Waals surface area (Å²) in [5.74, 6) is 0.0100. The fourth-order valence-electron chi connectivity index (χ4n) is 4.01. The molecule has 0 radical (unpaired) electrons. The Balaban J connectivity index is 0.00000256. The van der Waals surface area contributed by atoms with Crippen molar-refractivity contribution in [2.45, 2.75) is 25.0 Å². The van der Waals surface area contributed by atoms with Crippen LogP contribution in [0.15, 0.2) is 53.3 Å². The lowest BCUT2D eigenvalue weighted by molar-refractivity contribution is -0.131. The van der Waals surface area contributed by atoms with Crippen molar-refractivity contribution in [2.24, 2.45) is 0 Å². The Hall–Kier alpha value is -2.61. The van der Waals surface area contributed by atoms with Crippen LogP contribution in [0.1, 0.15) is 23.6 Å². The Labute approximate surface area is 181 Å². The van der Waals surface area contributed by atoms with Crippen LogP contribution in [0, 0.1) is 0 Å². The van der Waals surface area contributed by atoms with Crippen molar-refractivity contribution >= 4 is 29.3 Å². The molecule has 160 valence electrons. The second kappa shape index (κ2) is 9.47. The summed E-state index contributed by atoms with van der Waals surface area (Å²) < 4.78 is 0. The highest BCUT2D eigenvalue weighted by Gasteiger charge is 2.28. The number of carbonyl (C=O) groups is 1. The van der Waals surface area contributed by atoms with E-state index in [0.29, 0.717) is 18.6 Å². The average Bonchev–Trinajstić information content (AvgIpc) is 3.30. The van der Waals surface area contributed by atoms with E-state index in [1.807, 2.05) is 55.6 Å². The number of likely N-dealkylation sites (tertiary alicyclic amines) is 1. The van der Waals surface area contributed by atoms with Gasteiger partial charge >= 0.3 is 5.69 Å². The number of carbonyl (C=O) groups excluding carboxylic acids is 1. The first kappa shape index (κ1) is 22.1. The maximum Gasteiger partial charge on any atom is 0.323 e. The number of rotatable bonds is 6. The lowest BCUT2D eigenvalue weighted by Crippen LogP contribution is -2.39. The first-order valence-corrected chi connectivity index (χ1v) is 9.91. The molecule has 3 aromatic rings. The zero-order chi connectivity index (χ0) is 20.4. The Bertz CT molecular complexity index is 1050. The topological polar surface area (TPSA) is 92.4 Å². The van der Waals surface area contributed by atoms with Crippen molar-refractivity contribution in [3.63, 3.8) is 0 Å². The summed E-state index contributed by atoms with van der Waals surface area (Å²) in [7, 11) is 1.84. The van der Waals surface area contributed by atoms with Gasteiger partial charge in [0.1, 0.15) is 0 Å². The van der Waals surface area contributed by atoms with E-state index in [1.165, 1.54) is 0 Å². The monoisotopic (exact) mass is 430 g/mol. The molecule has 1 aliphatic heterocycles. The van der Waals surface area contributed by atoms with Crippen LogP contribution < -0.4 is 5.69 Å². The quantitative estimate of drug-likeness (QED) is 0.558. The molecule has 1 amide bonds. The molecule has 1 saturated heterocycles. The van der Waals surface area contributed by atoms with E-state index in [0.717, 1.165) is 29.6 Å². The number of aromatic nitrogens is 2. The van der Waals surface area contributed by atoms with Crippen molar-refractivity contribution < 1.29 is 9.90 Å². The molecule has 1 aromatic heterocycles. The molecule has 3 N–H and O–H groups in total. The van der Waals surface area contributed by atoms with Crippen LogP contribution in [0.2, 0.25) is 0 Å². The normalized spacial score (nSPS) is 17.6. The van der Waals surface area contributed by atoms with Crippen LogP contribution in [0.4, 0.5) is 0 Å². The first-order chi connectivity index (χ1) is 14.0. The number of H-pyrrole nitrogens is 2. The van der Waals surface area contributed by atoms with Crippen LogP contribution in [0.25, 0.3) is 11.0 Å². The maximum atomic E-state index is 13.1. The van der Waals surface area contributed by atoms with Gasteiger partial charge in [-0.2, -0.15) is 0 Å². The summed E-state index contributed by atoms with van der Waals surface area (Å²) in [4.78, 5) is 34.0. The summed E-state index contributed by atoms with van der Waals surface area (Å²) in [5, 5.41) is 9.86. The van der Waals surface area contributed by atoms with Crippen LogP contribution in [0.3, 0.4) is 0 Å². The molecule has 1 fully saturated rings. The highest BCUT2D eigenvalue weighted by molar-refractivity contribution is 5.85. The second-order valence-electron chi connectivity index (χ2n) is 7.77. The number of hydrogen-bond donors (Lipinski definition) is 3. The van der Waals surface area contributed by atoms with Gasteiger partial charge in [0.2, 0.25) is 5.91 Å². The molecule has 8 heteroatoms. The van der Waals surface area contributed by atoms with Gasteiger partial charge in [0.05, 0.1) is 29.6 Å². The molecular formula is C22H27ClN4O3. The highest BCUT2D eigenvalue weighted by atomic mass is 35.5. The summed E-state index contributed by atoms with van der Waals surface area (Å²) >= 11 is 0. The Morgan fingerprint density at radius 1 is 1.20 bits per heavy atom. The predicted octanol–water partition coefficient (Wildman–Crippen LogP) is 2.09. The van der Waals surface area contributed by atoms with Gasteiger partial charge in [0, 0.05) is 26.7 Å². The molecule has 2 atom stereocenters. The average molecular weight is 431 g/mol. The molecule has 0 bridgehead atoms. The van der Waals surface area contributed by atoms with Gasteiger partial charge in [-0.05, 0) is 29.7 Å². The number of nitrogens with zero attached hydrogens (tertiary/aromatic N) is 2. The van der Waals surface area contributed by atoms with E-state index in [2.05, 4.69) is 14.9 Å². The summed E-state index contributed by atoms with van der Waals surface area (Å²) in [6.07, 6.45) is 0.738. The number of aromatic amines is 2. The van der Waals surface area contributed by atoms with Gasteiger partial charge in [-0.15, -0.1) is 12.4 Å². The molecule has 0 spiro atoms. The Morgan fingerprint density at radius 2 is 1.93 bits per heavy atom. The number of aliphatic hydroxyl groups is 1. The summed E-state index contributed by atoms with van der Waals surface area (Å²) in [5.41, 5.74) is 3.11. The van der Waals surface area contributed by atoms with Crippen LogP contribution in [0.5, 0.6) is 0 Å². The third-order valence-electron chi connectivity index (χ3n) is 5.66. The number of nitrogens with one attached hydrogen (secondary N) is 2. The van der Waals surface area contributed by atoms with E-state index in [9.17, 15) is 14.7 Å². The summed E-state index contributed by atoms with van der Waals surface area (Å²) in [6, 6.07) is 15.4. The van der Waals surface area contributed by atoms with Gasteiger partial charge in [-0.25, -0.2) is 4.79 Å². The number of fused-ring (bicyclic) bond motifs is 1. The van der Waals surface area contributed by atoms with Crippen LogP contribution >= 0.6 is 12.4 Å². The number of imidazole rings is 1.